The van der Waals surface area contributed by atoms with E-state index in [0.717, 1.165) is 16.8 Å². The van der Waals surface area contributed by atoms with Gasteiger partial charge in [-0.3, -0.25) is 9.52 Å². The van der Waals surface area contributed by atoms with Crippen molar-refractivity contribution in [1.29, 1.82) is 0 Å². The molecule has 0 unspecified atom stereocenters. The van der Waals surface area contributed by atoms with Crippen molar-refractivity contribution in [3.63, 3.8) is 0 Å². The van der Waals surface area contributed by atoms with Crippen molar-refractivity contribution in [3.8, 4) is 5.75 Å². The van der Waals surface area contributed by atoms with Crippen LogP contribution >= 0.6 is 11.3 Å². The van der Waals surface area contributed by atoms with E-state index >= 15 is 0 Å². The number of hydrogen-bond acceptors (Lipinski definition) is 6. The van der Waals surface area contributed by atoms with Gasteiger partial charge in [0.2, 0.25) is 10.0 Å². The molecule has 3 aromatic rings. The minimum Gasteiger partial charge on any atom is -0.497 e. The van der Waals surface area contributed by atoms with Gasteiger partial charge in [-0.1, -0.05) is 30.3 Å². The highest BCUT2D eigenvalue weighted by molar-refractivity contribution is 7.92. The molecule has 7 nitrogen and oxygen atoms in total. The van der Waals surface area contributed by atoms with Gasteiger partial charge in [-0.25, -0.2) is 13.4 Å². The molecule has 1 aromatic heterocycles. The van der Waals surface area contributed by atoms with E-state index in [9.17, 15) is 13.2 Å². The van der Waals surface area contributed by atoms with E-state index < -0.39 is 10.0 Å². The van der Waals surface area contributed by atoms with Crippen LogP contribution in [0.3, 0.4) is 0 Å². The van der Waals surface area contributed by atoms with E-state index in [1.165, 1.54) is 16.3 Å². The molecule has 0 fully saturated rings. The molecule has 2 heterocycles. The molecule has 0 saturated heterocycles. The molecule has 9 heteroatoms. The Kier molecular flexibility index (Phi) is 6.29. The first-order valence-electron chi connectivity index (χ1n) is 10.1. The number of hydrogen-bond donors (Lipinski definition) is 1. The number of sulfonamides is 1. The topological polar surface area (TPSA) is 88.1 Å². The number of ether oxygens (including phenoxy) is 1. The Bertz CT molecular complexity index is 1240. The fraction of sp³-hybridized carbons (Fsp3) is 0.217. The Morgan fingerprint density at radius 1 is 1.19 bits per heavy atom. The third-order valence-corrected chi connectivity index (χ3v) is 7.37. The van der Waals surface area contributed by atoms with Crippen LogP contribution in [-0.4, -0.2) is 37.9 Å². The summed E-state index contributed by atoms with van der Waals surface area (Å²) in [4.78, 5) is 13.8. The minimum absolute atomic E-state index is 0.00344. The second kappa shape index (κ2) is 9.13. The number of hydrazone groups is 1. The maximum Gasteiger partial charge on any atom is 0.284 e. The fourth-order valence-corrected chi connectivity index (χ4v) is 4.77. The standard InChI is InChI=1S/C23H23N3O4S2/c1-3-32(28,29)25-18-11-9-16(10-12-18)20-15-21(17-6-4-7-19(14-17)30-2)26(24-20)23(27)22-8-5-13-31-22/h4-14,21,25H,3,15H2,1-2H3/t21-/m0/s1. The van der Waals surface area contributed by atoms with Gasteiger partial charge in [0.25, 0.3) is 5.91 Å². The molecule has 0 spiro atoms. The summed E-state index contributed by atoms with van der Waals surface area (Å²) >= 11 is 1.38. The fourth-order valence-electron chi connectivity index (χ4n) is 3.48. The third-order valence-electron chi connectivity index (χ3n) is 5.20. The van der Waals surface area contributed by atoms with E-state index in [4.69, 9.17) is 4.74 Å². The van der Waals surface area contributed by atoms with E-state index in [2.05, 4.69) is 9.82 Å². The number of amides is 1. The van der Waals surface area contributed by atoms with Crippen LogP contribution in [0.2, 0.25) is 0 Å². The minimum atomic E-state index is -3.34. The molecular weight excluding hydrogens is 446 g/mol. The second-order valence-corrected chi connectivity index (χ2v) is 10.2. The van der Waals surface area contributed by atoms with Gasteiger partial charge >= 0.3 is 0 Å². The first kappa shape index (κ1) is 22.0. The van der Waals surface area contributed by atoms with Gasteiger partial charge in [-0.2, -0.15) is 5.10 Å². The van der Waals surface area contributed by atoms with E-state index in [1.807, 2.05) is 47.8 Å². The molecule has 0 aliphatic carbocycles. The van der Waals surface area contributed by atoms with Gasteiger partial charge in [-0.05, 0) is 53.8 Å². The smallest absolute Gasteiger partial charge is 0.284 e. The van der Waals surface area contributed by atoms with Gasteiger partial charge in [0.15, 0.2) is 0 Å². The predicted molar refractivity (Wildman–Crippen MR) is 127 cm³/mol. The lowest BCUT2D eigenvalue weighted by molar-refractivity contribution is 0.0716. The number of carbonyl (C=O) groups is 1. The molecule has 4 rings (SSSR count). The summed E-state index contributed by atoms with van der Waals surface area (Å²) in [6.45, 7) is 1.59. The van der Waals surface area contributed by atoms with Gasteiger partial charge in [0, 0.05) is 12.1 Å². The molecule has 1 atom stereocenters. The van der Waals surface area contributed by atoms with Crippen LogP contribution in [0.4, 0.5) is 5.69 Å². The van der Waals surface area contributed by atoms with Crippen LogP contribution in [0, 0.1) is 0 Å². The summed E-state index contributed by atoms with van der Waals surface area (Å²) < 4.78 is 31.5. The van der Waals surface area contributed by atoms with Crippen LogP contribution in [-0.2, 0) is 10.0 Å². The molecule has 32 heavy (non-hydrogen) atoms. The average Bonchev–Trinajstić information content (AvgIpc) is 3.50. The lowest BCUT2D eigenvalue weighted by Gasteiger charge is -2.21. The number of anilines is 1. The Balaban J connectivity index is 1.65. The number of methoxy groups -OCH3 is 1. The summed E-state index contributed by atoms with van der Waals surface area (Å²) in [6, 6.07) is 18.0. The zero-order valence-corrected chi connectivity index (χ0v) is 19.3. The normalized spacial score (nSPS) is 16.0. The third kappa shape index (κ3) is 4.68. The van der Waals surface area contributed by atoms with Crippen molar-refractivity contribution < 1.29 is 17.9 Å². The van der Waals surface area contributed by atoms with Crippen LogP contribution < -0.4 is 9.46 Å². The number of nitrogens with one attached hydrogen (secondary N) is 1. The van der Waals surface area contributed by atoms with E-state index in [0.29, 0.717) is 22.7 Å². The molecular formula is C23H23N3O4S2. The van der Waals surface area contributed by atoms with Gasteiger partial charge < -0.3 is 4.74 Å². The SMILES string of the molecule is CCS(=O)(=O)Nc1ccc(C2=NN(C(=O)c3cccs3)[C@H](c3cccc(OC)c3)C2)cc1. The number of nitrogens with zero attached hydrogens (tertiary/aromatic N) is 2. The molecule has 1 amide bonds. The highest BCUT2D eigenvalue weighted by atomic mass is 32.2. The molecule has 0 saturated carbocycles. The lowest BCUT2D eigenvalue weighted by atomic mass is 9.98. The second-order valence-electron chi connectivity index (χ2n) is 7.25. The maximum atomic E-state index is 13.2. The van der Waals surface area contributed by atoms with Crippen molar-refractivity contribution in [2.75, 3.05) is 17.6 Å². The van der Waals surface area contributed by atoms with Crippen LogP contribution in [0.1, 0.15) is 40.2 Å². The average molecular weight is 470 g/mol. The molecule has 2 aromatic carbocycles. The number of carbonyl (C=O) groups excluding carboxylic acids is 1. The lowest BCUT2D eigenvalue weighted by Crippen LogP contribution is -2.26. The van der Waals surface area contributed by atoms with Crippen LogP contribution in [0.5, 0.6) is 5.75 Å². The molecule has 1 N–H and O–H groups in total. The van der Waals surface area contributed by atoms with Crippen molar-refractivity contribution >= 4 is 38.7 Å². The van der Waals surface area contributed by atoms with Crippen molar-refractivity contribution in [2.45, 2.75) is 19.4 Å². The van der Waals surface area contributed by atoms with E-state index in [1.54, 1.807) is 32.2 Å². The first-order chi connectivity index (χ1) is 15.4. The summed E-state index contributed by atoms with van der Waals surface area (Å²) in [7, 11) is -1.74. The van der Waals surface area contributed by atoms with Crippen molar-refractivity contribution in [2.24, 2.45) is 5.10 Å². The number of benzene rings is 2. The van der Waals surface area contributed by atoms with E-state index in [-0.39, 0.29) is 17.7 Å². The van der Waals surface area contributed by atoms with Gasteiger partial charge in [0.05, 0.1) is 29.5 Å². The zero-order chi connectivity index (χ0) is 22.7. The Morgan fingerprint density at radius 2 is 1.97 bits per heavy atom. The highest BCUT2D eigenvalue weighted by Gasteiger charge is 2.34. The Hall–Kier alpha value is -3.17. The van der Waals surface area contributed by atoms with Gasteiger partial charge in [0.1, 0.15) is 5.75 Å². The summed E-state index contributed by atoms with van der Waals surface area (Å²) in [5.41, 5.74) is 3.01. The highest BCUT2D eigenvalue weighted by Crippen LogP contribution is 2.36. The zero-order valence-electron chi connectivity index (χ0n) is 17.7. The summed E-state index contributed by atoms with van der Waals surface area (Å²) in [6.07, 6.45) is 0.532. The monoisotopic (exact) mass is 469 g/mol. The molecule has 1 aliphatic heterocycles. The first-order valence-corrected chi connectivity index (χ1v) is 12.6. The number of rotatable bonds is 7. The molecule has 166 valence electrons. The quantitative estimate of drug-likeness (QED) is 0.551. The molecule has 1 aliphatic rings. The van der Waals surface area contributed by atoms with Crippen molar-refractivity contribution in [3.05, 3.63) is 82.0 Å². The summed E-state index contributed by atoms with van der Waals surface area (Å²) in [5, 5.41) is 8.07. The summed E-state index contributed by atoms with van der Waals surface area (Å²) in [5.74, 6) is 0.561. The Morgan fingerprint density at radius 3 is 2.62 bits per heavy atom. The van der Waals surface area contributed by atoms with Gasteiger partial charge in [-0.15, -0.1) is 11.3 Å². The molecule has 0 bridgehead atoms. The Labute approximate surface area is 191 Å². The molecule has 0 radical (unpaired) electrons. The number of thiophene rings is 1. The largest absolute Gasteiger partial charge is 0.497 e. The predicted octanol–water partition coefficient (Wildman–Crippen LogP) is 4.51. The van der Waals surface area contributed by atoms with Crippen LogP contribution in [0.15, 0.2) is 71.1 Å². The van der Waals surface area contributed by atoms with Crippen LogP contribution in [0.25, 0.3) is 0 Å². The van der Waals surface area contributed by atoms with Crippen molar-refractivity contribution in [1.82, 2.24) is 5.01 Å². The maximum absolute atomic E-state index is 13.2.